The van der Waals surface area contributed by atoms with Crippen LogP contribution in [0.1, 0.15) is 51.5 Å². The van der Waals surface area contributed by atoms with Crippen molar-refractivity contribution in [2.45, 2.75) is 76.6 Å². The topological polar surface area (TPSA) is 38.8 Å². The zero-order valence-corrected chi connectivity index (χ0v) is 14.0. The number of rotatable bonds is 3. The molecule has 2 fully saturated rings. The second kappa shape index (κ2) is 5.82. The van der Waals surface area contributed by atoms with E-state index in [1.165, 1.54) is 12.8 Å². The van der Waals surface area contributed by atoms with Crippen molar-refractivity contribution in [1.29, 1.82) is 0 Å². The van der Waals surface area contributed by atoms with E-state index in [9.17, 15) is 4.79 Å². The zero-order valence-electron chi connectivity index (χ0n) is 14.0. The summed E-state index contributed by atoms with van der Waals surface area (Å²) in [5.74, 6) is 1.38. The zero-order chi connectivity index (χ0) is 16.0. The fourth-order valence-corrected chi connectivity index (χ4v) is 4.62. The van der Waals surface area contributed by atoms with Gasteiger partial charge in [0.05, 0.1) is 6.42 Å². The van der Waals surface area contributed by atoms with E-state index in [1.54, 1.807) is 0 Å². The van der Waals surface area contributed by atoms with Crippen molar-refractivity contribution in [1.82, 2.24) is 4.90 Å². The lowest BCUT2D eigenvalue weighted by atomic mass is 9.98. The number of fused-ring (bicyclic) bond motifs is 3. The van der Waals surface area contributed by atoms with Crippen LogP contribution in [0.5, 0.6) is 11.5 Å². The first-order valence-electron chi connectivity index (χ1n) is 8.88. The molecule has 1 aromatic rings. The van der Waals surface area contributed by atoms with E-state index in [1.807, 2.05) is 18.2 Å². The number of ether oxygens (including phenoxy) is 2. The molecule has 2 saturated heterocycles. The van der Waals surface area contributed by atoms with Gasteiger partial charge in [-0.2, -0.15) is 0 Å². The van der Waals surface area contributed by atoms with Crippen molar-refractivity contribution in [2.24, 2.45) is 0 Å². The van der Waals surface area contributed by atoms with Gasteiger partial charge in [-0.15, -0.1) is 0 Å². The molecule has 1 aromatic carbocycles. The number of carbonyl (C=O) groups is 1. The third kappa shape index (κ3) is 2.85. The van der Waals surface area contributed by atoms with Crippen molar-refractivity contribution >= 4 is 5.97 Å². The Bertz CT molecular complexity index is 599. The molecule has 2 bridgehead atoms. The van der Waals surface area contributed by atoms with E-state index >= 15 is 0 Å². The largest absolute Gasteiger partial charge is 0.490 e. The number of benzene rings is 1. The van der Waals surface area contributed by atoms with Crippen LogP contribution in [0.4, 0.5) is 0 Å². The van der Waals surface area contributed by atoms with Crippen LogP contribution >= 0.6 is 0 Å². The van der Waals surface area contributed by atoms with Crippen molar-refractivity contribution in [2.75, 3.05) is 0 Å². The molecule has 4 heteroatoms. The molecule has 0 aliphatic carbocycles. The van der Waals surface area contributed by atoms with Crippen LogP contribution in [-0.4, -0.2) is 35.1 Å². The van der Waals surface area contributed by atoms with Crippen molar-refractivity contribution in [3.05, 3.63) is 23.8 Å². The van der Waals surface area contributed by atoms with E-state index in [0.717, 1.165) is 30.6 Å². The average Bonchev–Trinajstić information content (AvgIpc) is 2.79. The highest BCUT2D eigenvalue weighted by molar-refractivity contribution is 5.75. The highest BCUT2D eigenvalue weighted by atomic mass is 16.5. The average molecular weight is 315 g/mol. The number of nitrogens with zero attached hydrogens (tertiary/aromatic N) is 1. The third-order valence-corrected chi connectivity index (χ3v) is 5.51. The van der Waals surface area contributed by atoms with Crippen LogP contribution in [0.3, 0.4) is 0 Å². The first kappa shape index (κ1) is 15.0. The Hall–Kier alpha value is -1.55. The summed E-state index contributed by atoms with van der Waals surface area (Å²) >= 11 is 0. The molecule has 4 nitrogen and oxygen atoms in total. The molecular weight excluding hydrogens is 290 g/mol. The van der Waals surface area contributed by atoms with Crippen molar-refractivity contribution < 1.29 is 14.3 Å². The summed E-state index contributed by atoms with van der Waals surface area (Å²) in [6.07, 6.45) is 6.32. The summed E-state index contributed by atoms with van der Waals surface area (Å²) in [6, 6.07) is 7.90. The predicted molar refractivity (Wildman–Crippen MR) is 87.8 cm³/mol. The van der Waals surface area contributed by atoms with Crippen LogP contribution in [0.2, 0.25) is 0 Å². The molecule has 2 atom stereocenters. The fourth-order valence-electron chi connectivity index (χ4n) is 4.62. The predicted octanol–water partition coefficient (Wildman–Crippen LogP) is 3.32. The van der Waals surface area contributed by atoms with E-state index in [2.05, 4.69) is 18.7 Å². The maximum atomic E-state index is 11.5. The molecular formula is C19H25NO3. The Balaban J connectivity index is 1.46. The van der Waals surface area contributed by atoms with Gasteiger partial charge in [0.1, 0.15) is 17.6 Å². The molecule has 0 aromatic heterocycles. The number of carbonyl (C=O) groups excluding carboxylic acids is 1. The van der Waals surface area contributed by atoms with Gasteiger partial charge >= 0.3 is 5.97 Å². The molecule has 0 spiro atoms. The molecule has 0 radical (unpaired) electrons. The van der Waals surface area contributed by atoms with E-state index < -0.39 is 0 Å². The number of hydrogen-bond acceptors (Lipinski definition) is 4. The quantitative estimate of drug-likeness (QED) is 0.633. The molecule has 3 heterocycles. The molecule has 0 saturated carbocycles. The Labute approximate surface area is 137 Å². The van der Waals surface area contributed by atoms with Crippen LogP contribution in [-0.2, 0) is 11.2 Å². The summed E-state index contributed by atoms with van der Waals surface area (Å²) in [7, 11) is 0. The monoisotopic (exact) mass is 315 g/mol. The molecule has 124 valence electrons. The maximum Gasteiger partial charge on any atom is 0.311 e. The normalized spacial score (nSPS) is 30.2. The lowest BCUT2D eigenvalue weighted by Crippen LogP contribution is -2.49. The molecule has 4 rings (SSSR count). The fraction of sp³-hybridized carbons (Fsp3) is 0.632. The van der Waals surface area contributed by atoms with E-state index in [-0.39, 0.29) is 12.1 Å². The van der Waals surface area contributed by atoms with Gasteiger partial charge < -0.3 is 9.47 Å². The van der Waals surface area contributed by atoms with Crippen LogP contribution in [0, 0.1) is 0 Å². The summed E-state index contributed by atoms with van der Waals surface area (Å²) in [4.78, 5) is 14.1. The summed E-state index contributed by atoms with van der Waals surface area (Å²) in [6.45, 7) is 4.59. The van der Waals surface area contributed by atoms with Gasteiger partial charge in [0.15, 0.2) is 0 Å². The molecule has 2 unspecified atom stereocenters. The molecule has 3 aliphatic rings. The van der Waals surface area contributed by atoms with Gasteiger partial charge in [-0.25, -0.2) is 0 Å². The van der Waals surface area contributed by atoms with Crippen LogP contribution < -0.4 is 9.47 Å². The van der Waals surface area contributed by atoms with E-state index in [4.69, 9.17) is 9.47 Å². The highest BCUT2D eigenvalue weighted by Crippen LogP contribution is 2.39. The SMILES string of the molecule is CC(C)N1C2CCC1CC(Oc1ccc3c(c1)OC(=O)CC3)C2. The van der Waals surface area contributed by atoms with Gasteiger partial charge in [0, 0.05) is 24.2 Å². The molecule has 23 heavy (non-hydrogen) atoms. The number of piperidine rings is 1. The van der Waals surface area contributed by atoms with Crippen LogP contribution in [0.15, 0.2) is 18.2 Å². The number of esters is 1. The van der Waals surface area contributed by atoms with Gasteiger partial charge in [-0.05, 0) is 57.6 Å². The van der Waals surface area contributed by atoms with Crippen molar-refractivity contribution in [3.63, 3.8) is 0 Å². The summed E-state index contributed by atoms with van der Waals surface area (Å²) in [5.41, 5.74) is 1.10. The smallest absolute Gasteiger partial charge is 0.311 e. The maximum absolute atomic E-state index is 11.5. The molecule has 3 aliphatic heterocycles. The molecule has 0 N–H and O–H groups in total. The van der Waals surface area contributed by atoms with Crippen LogP contribution in [0.25, 0.3) is 0 Å². The first-order chi connectivity index (χ1) is 11.1. The summed E-state index contributed by atoms with van der Waals surface area (Å²) < 4.78 is 11.6. The van der Waals surface area contributed by atoms with Gasteiger partial charge in [-0.3, -0.25) is 9.69 Å². The number of aryl methyl sites for hydroxylation is 1. The Morgan fingerprint density at radius 2 is 1.91 bits per heavy atom. The van der Waals surface area contributed by atoms with E-state index in [0.29, 0.717) is 30.3 Å². The summed E-state index contributed by atoms with van der Waals surface area (Å²) in [5, 5.41) is 0. The standard InChI is InChI=1S/C19H25NO3/c1-12(2)20-14-5-6-15(20)10-17(9-14)22-16-7-3-13-4-8-19(21)23-18(13)11-16/h3,7,11-12,14-15,17H,4-6,8-10H2,1-2H3. The van der Waals surface area contributed by atoms with Gasteiger partial charge in [-0.1, -0.05) is 6.07 Å². The second-order valence-corrected chi connectivity index (χ2v) is 7.38. The lowest BCUT2D eigenvalue weighted by Gasteiger charge is -2.41. The number of hydrogen-bond donors (Lipinski definition) is 0. The molecule has 0 amide bonds. The van der Waals surface area contributed by atoms with Gasteiger partial charge in [0.2, 0.25) is 0 Å². The third-order valence-electron chi connectivity index (χ3n) is 5.51. The minimum absolute atomic E-state index is 0.141. The Morgan fingerprint density at radius 1 is 1.17 bits per heavy atom. The minimum atomic E-state index is -0.141. The Kier molecular flexibility index (Phi) is 3.80. The second-order valence-electron chi connectivity index (χ2n) is 7.38. The Morgan fingerprint density at radius 3 is 2.61 bits per heavy atom. The van der Waals surface area contributed by atoms with Gasteiger partial charge in [0.25, 0.3) is 0 Å². The lowest BCUT2D eigenvalue weighted by molar-refractivity contribution is -0.135. The minimum Gasteiger partial charge on any atom is -0.490 e. The van der Waals surface area contributed by atoms with Crippen molar-refractivity contribution in [3.8, 4) is 11.5 Å². The first-order valence-corrected chi connectivity index (χ1v) is 8.88. The highest BCUT2D eigenvalue weighted by Gasteiger charge is 2.42.